The maximum absolute atomic E-state index is 13.3. The lowest BCUT2D eigenvalue weighted by Crippen LogP contribution is -2.67. The van der Waals surface area contributed by atoms with Gasteiger partial charge < -0.3 is 180 Å². The van der Waals surface area contributed by atoms with Gasteiger partial charge in [0, 0.05) is 0 Å². The molecule has 0 amide bonds. The van der Waals surface area contributed by atoms with Crippen molar-refractivity contribution in [1.82, 2.24) is 0 Å². The van der Waals surface area contributed by atoms with Gasteiger partial charge in [-0.15, -0.1) is 0 Å². The van der Waals surface area contributed by atoms with Crippen LogP contribution in [0.4, 0.5) is 0 Å². The zero-order valence-corrected chi connectivity index (χ0v) is 43.5. The summed E-state index contributed by atoms with van der Waals surface area (Å²) in [6, 6.07) is -1.57. The van der Waals surface area contributed by atoms with Crippen molar-refractivity contribution in [3.05, 3.63) is 0 Å². The number of hydrogen-bond donors (Lipinski definition) is 24. The van der Waals surface area contributed by atoms with Gasteiger partial charge in [-0.05, 0) is 0 Å². The normalized spacial score (nSPS) is 51.6. The molecule has 39 nitrogen and oxygen atoms in total. The molecular weight excluding hydrogens is 1160 g/mol. The fourth-order valence-electron chi connectivity index (χ4n) is 9.92. The number of ether oxygens (including phenoxy) is 12. The van der Waals surface area contributed by atoms with Crippen LogP contribution < -0.4 is 5.73 Å². The van der Waals surface area contributed by atoms with Crippen LogP contribution in [0.15, 0.2) is 0 Å². The minimum absolute atomic E-state index is 0.852. The molecule has 7 saturated heterocycles. The first-order valence-electron chi connectivity index (χ1n) is 25.5. The lowest BCUT2D eigenvalue weighted by Gasteiger charge is -2.48. The molecule has 0 bridgehead atoms. The van der Waals surface area contributed by atoms with Crippen LogP contribution in [0.3, 0.4) is 0 Å². The first kappa shape index (κ1) is 68.2. The highest BCUT2D eigenvalue weighted by molar-refractivity contribution is 7.47. The molecule has 7 aliphatic heterocycles. The zero-order valence-electron chi connectivity index (χ0n) is 42.6. The Morgan fingerprint density at radius 3 is 1.29 bits per heavy atom. The van der Waals surface area contributed by atoms with Crippen LogP contribution in [0.5, 0.6) is 0 Å². The first-order chi connectivity index (χ1) is 38.6. The van der Waals surface area contributed by atoms with Crippen LogP contribution in [-0.4, -0.2) is 378 Å². The average molecular weight is 1230 g/mol. The Morgan fingerprint density at radius 1 is 0.390 bits per heavy atom. The molecule has 0 aliphatic carbocycles. The van der Waals surface area contributed by atoms with Crippen LogP contribution in [0, 0.1) is 0 Å². The molecule has 82 heavy (non-hydrogen) atoms. The summed E-state index contributed by atoms with van der Waals surface area (Å²) < 4.78 is 89.7. The van der Waals surface area contributed by atoms with Crippen molar-refractivity contribution in [3.8, 4) is 0 Å². The van der Waals surface area contributed by atoms with Crippen LogP contribution in [0.1, 0.15) is 0 Å². The molecule has 40 heteroatoms. The van der Waals surface area contributed by atoms with E-state index in [4.69, 9.17) is 71.6 Å². The molecule has 7 rings (SSSR count). The van der Waals surface area contributed by atoms with Crippen LogP contribution in [0.25, 0.3) is 0 Å². The maximum Gasteiger partial charge on any atom is 0.474 e. The van der Waals surface area contributed by atoms with Gasteiger partial charge in [0.25, 0.3) is 0 Å². The quantitative estimate of drug-likeness (QED) is 0.0448. The molecule has 36 atom stereocenters. The summed E-state index contributed by atoms with van der Waals surface area (Å²) in [5.41, 5.74) is 5.80. The smallest absolute Gasteiger partial charge is 0.394 e. The number of aliphatic hydroxyl groups excluding tert-OH is 22. The third-order valence-corrected chi connectivity index (χ3v) is 15.7. The van der Waals surface area contributed by atoms with E-state index in [1.807, 2.05) is 0 Å². The maximum atomic E-state index is 13.3. The molecular formula is C42H74NO38P. The Morgan fingerprint density at radius 2 is 0.768 bits per heavy atom. The fraction of sp³-hybridized carbons (Fsp3) is 1.00. The van der Waals surface area contributed by atoms with Gasteiger partial charge >= 0.3 is 7.82 Å². The highest BCUT2D eigenvalue weighted by Gasteiger charge is 2.59. The molecule has 0 saturated carbocycles. The topological polar surface area (TPSA) is 638 Å². The van der Waals surface area contributed by atoms with Gasteiger partial charge in [0.05, 0.1) is 52.3 Å². The van der Waals surface area contributed by atoms with Gasteiger partial charge in [0.2, 0.25) is 0 Å². The van der Waals surface area contributed by atoms with E-state index in [0.717, 1.165) is 0 Å². The van der Waals surface area contributed by atoms with Crippen molar-refractivity contribution >= 4 is 7.82 Å². The predicted molar refractivity (Wildman–Crippen MR) is 245 cm³/mol. The number of hydrogen-bond acceptors (Lipinski definition) is 38. The molecule has 7 heterocycles. The summed E-state index contributed by atoms with van der Waals surface area (Å²) in [6.07, 6.45) is -69.3. The average Bonchev–Trinajstić information content (AvgIpc) is 3.86. The third-order valence-electron chi connectivity index (χ3n) is 14.8. The molecule has 0 aromatic heterocycles. The first-order valence-corrected chi connectivity index (χ1v) is 27.0. The number of nitrogens with two attached hydrogens (primary N) is 1. The van der Waals surface area contributed by atoms with Gasteiger partial charge in [0.1, 0.15) is 165 Å². The highest BCUT2D eigenvalue weighted by atomic mass is 31.2. The van der Waals surface area contributed by atoms with Crippen molar-refractivity contribution in [2.45, 2.75) is 215 Å². The van der Waals surface area contributed by atoms with E-state index < -0.39 is 269 Å². The van der Waals surface area contributed by atoms with E-state index in [1.54, 1.807) is 0 Å². The lowest BCUT2D eigenvalue weighted by atomic mass is 9.95. The third kappa shape index (κ3) is 14.6. The summed E-state index contributed by atoms with van der Waals surface area (Å²) in [6.45, 7) is -7.25. The molecule has 0 aromatic carbocycles. The van der Waals surface area contributed by atoms with Crippen molar-refractivity contribution in [2.24, 2.45) is 5.73 Å². The number of aliphatic hydroxyl groups is 22. The van der Waals surface area contributed by atoms with E-state index in [9.17, 15) is 122 Å². The summed E-state index contributed by atoms with van der Waals surface area (Å²) in [7, 11) is -5.63. The second-order valence-electron chi connectivity index (χ2n) is 20.3. The Bertz CT molecular complexity index is 2010. The number of rotatable bonds is 22. The van der Waals surface area contributed by atoms with Crippen LogP contribution in [0.2, 0.25) is 0 Å². The number of phosphoric acid groups is 1. The Hall–Kier alpha value is -1.29. The number of phosphoric ester groups is 1. The summed E-state index contributed by atoms with van der Waals surface area (Å²) in [5.74, 6) is 0. The van der Waals surface area contributed by atoms with Crippen molar-refractivity contribution in [1.29, 1.82) is 0 Å². The zero-order chi connectivity index (χ0) is 60.6. The van der Waals surface area contributed by atoms with Gasteiger partial charge in [-0.3, -0.25) is 9.05 Å². The Labute approximate surface area is 461 Å². The minimum atomic E-state index is -5.63. The van der Waals surface area contributed by atoms with Crippen molar-refractivity contribution in [3.63, 3.8) is 0 Å². The van der Waals surface area contributed by atoms with Crippen molar-refractivity contribution in [2.75, 3.05) is 46.2 Å². The second kappa shape index (κ2) is 28.9. The molecule has 0 aromatic rings. The molecule has 25 N–H and O–H groups in total. The molecule has 7 fully saturated rings. The summed E-state index contributed by atoms with van der Waals surface area (Å²) in [5, 5.41) is 233. The summed E-state index contributed by atoms with van der Waals surface area (Å²) >= 11 is 0. The highest BCUT2D eigenvalue weighted by Crippen LogP contribution is 2.47. The van der Waals surface area contributed by atoms with Crippen LogP contribution in [-0.2, 0) is 70.5 Å². The molecule has 480 valence electrons. The SMILES string of the molecule is N[C@@H]1[C@@H](O)[C@H](O[C@H]2O[C@H](CO)[C@@H](O)[C@H](O[C@H]3O[C@H](COP(=O)(O)O[C@H]4O[C@H](CO)[C@@H](O)[C@H](O)[C@H]4O)[C@@H](O)[C@H](O[C@@H]4O[C@@H]([C@H](O)CO)[C@H](O[C@H]5O[C@H](CO[C@H]6O[C@H](CO)[C@H](O)[C@H](O)[C@H]6O)[C@H](O)[C@H](O)[C@H]5O)[C@H]4O)[C@@H]3O)[C@@H]2O)[C@@H](CO)O[C@@H]1O. The van der Waals surface area contributed by atoms with E-state index in [-0.39, 0.29) is 0 Å². The molecule has 0 spiro atoms. The van der Waals surface area contributed by atoms with E-state index in [0.29, 0.717) is 0 Å². The largest absolute Gasteiger partial charge is 0.474 e. The standard InChI is InChI=1S/C42H74NO38P/c43-15-21(55)32(12(5-48)70-36(15)65)77-39-28(62)33(19(53)11(4-47)72-39)78-40-29(63)34(20(54)14(75-40)7-69-82(66,67)81-42-27(61)23(57)17(51)10(3-46)73-42)79-41-30(64)35(31(76-41)8(49)1-44)80-38-26(60)24(58)18(52)13(74-38)6-68-37-25(59)22(56)16(50)9(2-45)71-37/h8-42,44-65H,1-7,43H2,(H,66,67)/t8-,9-,10-,11-,12-,13-,14-,15-,16+,17-,18+,19-,20-,21-,22+,23+,24+,25-,26-,27-,28+,29+,30-,31+,32-,33+,34+,35-,36+,37+,38-,39-,40-,41+,42-/m1/s1. The predicted octanol–water partition coefficient (Wildman–Crippen LogP) is -16.2. The second-order valence-corrected chi connectivity index (χ2v) is 21.7. The molecule has 7 aliphatic rings. The van der Waals surface area contributed by atoms with E-state index in [1.165, 1.54) is 0 Å². The van der Waals surface area contributed by atoms with Gasteiger partial charge in [-0.1, -0.05) is 0 Å². The Kier molecular flexibility index (Phi) is 24.0. The fourth-order valence-corrected chi connectivity index (χ4v) is 10.8. The van der Waals surface area contributed by atoms with E-state index in [2.05, 4.69) is 0 Å². The lowest BCUT2D eigenvalue weighted by molar-refractivity contribution is -0.380. The van der Waals surface area contributed by atoms with Gasteiger partial charge in [-0.2, -0.15) is 0 Å². The van der Waals surface area contributed by atoms with Crippen molar-refractivity contribution < 1.29 is 188 Å². The van der Waals surface area contributed by atoms with Crippen LogP contribution >= 0.6 is 7.82 Å². The molecule has 0 radical (unpaired) electrons. The Balaban J connectivity index is 1.12. The summed E-state index contributed by atoms with van der Waals surface area (Å²) in [4.78, 5) is 10.7. The van der Waals surface area contributed by atoms with E-state index >= 15 is 0 Å². The minimum Gasteiger partial charge on any atom is -0.394 e. The van der Waals surface area contributed by atoms with Gasteiger partial charge in [0.15, 0.2) is 44.0 Å². The monoisotopic (exact) mass is 1230 g/mol. The molecule has 1 unspecified atom stereocenters. The van der Waals surface area contributed by atoms with Gasteiger partial charge in [-0.25, -0.2) is 4.57 Å².